The van der Waals surface area contributed by atoms with Gasteiger partial charge in [-0.15, -0.1) is 13.2 Å². The summed E-state index contributed by atoms with van der Waals surface area (Å²) in [6.45, 7) is 5.96. The SMILES string of the molecule is COC(=O)[C@@H]1C[C@]2(C)CN1C(=O)[C@H](C(C)(C)C)NC(=O)O[C@@H]1CCC[C@H]1OC/C=C/C(F)(F)c1nc3cc(OC(F)(F)F)ccc3nc1O2. The molecule has 0 spiro atoms. The van der Waals surface area contributed by atoms with Gasteiger partial charge < -0.3 is 33.9 Å². The molecular weight excluding hydrogens is 663 g/mol. The number of nitrogens with one attached hydrogen (secondary N) is 1. The Balaban J connectivity index is 1.62. The standard InChI is InChI=1S/C32H37F5N4O8/c1-29(2,3)24-26(42)41-16-30(4,15-20(41)27(43)45-5)49-25-23(38-19-14-17(48-32(35,36)37)10-11-18(19)39-25)31(33,34)12-7-13-46-21-8-6-9-22(21)47-28(44)40-24/h7,10-12,14,20-22,24H,6,8-9,13,15-16H2,1-5H3,(H,40,44)/b12-7+/t20-,21+,22+,24+,30+/m0/s1. The van der Waals surface area contributed by atoms with Crippen molar-refractivity contribution < 1.29 is 60.0 Å². The largest absolute Gasteiger partial charge is 0.573 e. The molecule has 3 aliphatic rings. The van der Waals surface area contributed by atoms with Gasteiger partial charge >= 0.3 is 24.3 Å². The summed E-state index contributed by atoms with van der Waals surface area (Å²) in [7, 11) is 1.12. The molecule has 0 radical (unpaired) electrons. The van der Waals surface area contributed by atoms with Gasteiger partial charge in [-0.05, 0) is 49.8 Å². The van der Waals surface area contributed by atoms with E-state index in [4.69, 9.17) is 18.9 Å². The van der Waals surface area contributed by atoms with Gasteiger partial charge in [0.25, 0.3) is 0 Å². The molecule has 1 aromatic heterocycles. The predicted octanol–water partition coefficient (Wildman–Crippen LogP) is 5.18. The lowest BCUT2D eigenvalue weighted by Crippen LogP contribution is -2.57. The second kappa shape index (κ2) is 13.2. The molecule has 1 aliphatic carbocycles. The quantitative estimate of drug-likeness (QED) is 0.254. The van der Waals surface area contributed by atoms with Crippen LogP contribution in [0, 0.1) is 5.41 Å². The second-order valence-electron chi connectivity index (χ2n) is 13.6. The highest BCUT2D eigenvalue weighted by Gasteiger charge is 2.52. The third kappa shape index (κ3) is 8.13. The van der Waals surface area contributed by atoms with E-state index in [1.54, 1.807) is 20.8 Å². The molecule has 1 N–H and O–H groups in total. The minimum Gasteiger partial charge on any atom is -0.468 e. The fraction of sp³-hybridized carbons (Fsp3) is 0.594. The molecule has 2 amide bonds. The zero-order chi connectivity index (χ0) is 35.9. The number of ether oxygens (including phenoxy) is 5. The smallest absolute Gasteiger partial charge is 0.468 e. The highest BCUT2D eigenvalue weighted by atomic mass is 19.4. The first-order valence-electron chi connectivity index (χ1n) is 15.6. The van der Waals surface area contributed by atoms with E-state index in [9.17, 15) is 27.6 Å². The van der Waals surface area contributed by atoms with Crippen LogP contribution in [0.3, 0.4) is 0 Å². The molecule has 1 aromatic carbocycles. The van der Waals surface area contributed by atoms with E-state index in [0.717, 1.165) is 36.3 Å². The Hall–Kier alpha value is -4.28. The summed E-state index contributed by atoms with van der Waals surface area (Å²) >= 11 is 0. The fourth-order valence-electron chi connectivity index (χ4n) is 6.22. The molecule has 2 aromatic rings. The Morgan fingerprint density at radius 3 is 2.47 bits per heavy atom. The zero-order valence-electron chi connectivity index (χ0n) is 27.4. The molecule has 1 saturated carbocycles. The number of hydrogen-bond acceptors (Lipinski definition) is 10. The number of esters is 1. The lowest BCUT2D eigenvalue weighted by molar-refractivity contribution is -0.274. The number of alkyl carbamates (subject to hydrolysis) is 1. The van der Waals surface area contributed by atoms with Crippen LogP contribution in [0.1, 0.15) is 59.1 Å². The predicted molar refractivity (Wildman–Crippen MR) is 161 cm³/mol. The van der Waals surface area contributed by atoms with Crippen molar-refractivity contribution >= 4 is 29.0 Å². The van der Waals surface area contributed by atoms with Crippen molar-refractivity contribution in [1.29, 1.82) is 0 Å². The Kier molecular flexibility index (Phi) is 9.71. The summed E-state index contributed by atoms with van der Waals surface area (Å²) in [5.41, 5.74) is -3.91. The third-order valence-corrected chi connectivity index (χ3v) is 8.52. The van der Waals surface area contributed by atoms with E-state index >= 15 is 8.78 Å². The summed E-state index contributed by atoms with van der Waals surface area (Å²) in [4.78, 5) is 49.6. The number of carbonyl (C=O) groups excluding carboxylic acids is 3. The van der Waals surface area contributed by atoms with Crippen molar-refractivity contribution in [3.63, 3.8) is 0 Å². The van der Waals surface area contributed by atoms with E-state index in [0.29, 0.717) is 25.3 Å². The molecule has 12 nitrogen and oxygen atoms in total. The van der Waals surface area contributed by atoms with Crippen LogP contribution in [0.5, 0.6) is 11.6 Å². The van der Waals surface area contributed by atoms with Crippen LogP contribution >= 0.6 is 0 Å². The number of methoxy groups -OCH3 is 1. The molecule has 5 atom stereocenters. The van der Waals surface area contributed by atoms with Gasteiger partial charge in [0, 0.05) is 12.5 Å². The third-order valence-electron chi connectivity index (χ3n) is 8.52. The molecule has 5 rings (SSSR count). The molecule has 2 fully saturated rings. The van der Waals surface area contributed by atoms with Crippen molar-refractivity contribution in [3.8, 4) is 11.6 Å². The van der Waals surface area contributed by atoms with E-state index < -0.39 is 82.9 Å². The van der Waals surface area contributed by atoms with E-state index in [1.807, 2.05) is 0 Å². The van der Waals surface area contributed by atoms with Gasteiger partial charge in [0.2, 0.25) is 11.8 Å². The van der Waals surface area contributed by atoms with E-state index in [1.165, 1.54) is 6.92 Å². The van der Waals surface area contributed by atoms with Gasteiger partial charge in [0.15, 0.2) is 5.69 Å². The maximum absolute atomic E-state index is 16.0. The van der Waals surface area contributed by atoms with Gasteiger partial charge in [-0.1, -0.05) is 26.8 Å². The normalized spacial score (nSPS) is 28.7. The number of alkyl halides is 5. The minimum absolute atomic E-state index is 0.0969. The number of allylic oxidation sites excluding steroid dienone is 1. The van der Waals surface area contributed by atoms with Crippen molar-refractivity contribution in [1.82, 2.24) is 20.2 Å². The highest BCUT2D eigenvalue weighted by molar-refractivity contribution is 5.91. The number of hydrogen-bond donors (Lipinski definition) is 1. The topological polar surface area (TPSA) is 138 Å². The Morgan fingerprint density at radius 2 is 1.80 bits per heavy atom. The van der Waals surface area contributed by atoms with Crippen LogP contribution in [0.2, 0.25) is 0 Å². The lowest BCUT2D eigenvalue weighted by atomic mass is 9.85. The number of nitrogens with zero attached hydrogens (tertiary/aromatic N) is 3. The monoisotopic (exact) mass is 700 g/mol. The first kappa shape index (κ1) is 36.0. The van der Waals surface area contributed by atoms with Crippen molar-refractivity contribution in [2.45, 2.75) is 95.6 Å². The van der Waals surface area contributed by atoms with Crippen molar-refractivity contribution in [2.75, 3.05) is 20.3 Å². The highest BCUT2D eigenvalue weighted by Crippen LogP contribution is 2.41. The van der Waals surface area contributed by atoms with Gasteiger partial charge in [0.05, 0.1) is 37.4 Å². The number of rotatable bonds is 2. The van der Waals surface area contributed by atoms with Gasteiger partial charge in [-0.3, -0.25) is 4.79 Å². The number of halogens is 5. The van der Waals surface area contributed by atoms with Crippen LogP contribution in [-0.4, -0.2) is 89.4 Å². The Labute approximate surface area is 278 Å². The van der Waals surface area contributed by atoms with Crippen LogP contribution in [0.15, 0.2) is 30.4 Å². The number of aromatic nitrogens is 2. The molecular formula is C32H37F5N4O8. The average molecular weight is 701 g/mol. The lowest BCUT2D eigenvalue weighted by Gasteiger charge is -2.35. The molecule has 268 valence electrons. The molecule has 2 aliphatic heterocycles. The summed E-state index contributed by atoms with van der Waals surface area (Å²) in [6, 6.07) is 0.404. The molecule has 2 bridgehead atoms. The Bertz CT molecular complexity index is 1630. The maximum Gasteiger partial charge on any atom is 0.573 e. The zero-order valence-corrected chi connectivity index (χ0v) is 27.4. The maximum atomic E-state index is 16.0. The molecule has 17 heteroatoms. The van der Waals surface area contributed by atoms with Gasteiger partial charge in [0.1, 0.15) is 29.5 Å². The summed E-state index contributed by atoms with van der Waals surface area (Å²) in [5, 5.41) is 2.64. The van der Waals surface area contributed by atoms with Crippen LogP contribution in [0.25, 0.3) is 11.0 Å². The van der Waals surface area contributed by atoms with Gasteiger partial charge in [-0.25, -0.2) is 19.6 Å². The molecule has 1 saturated heterocycles. The number of amides is 2. The Morgan fingerprint density at radius 1 is 1.08 bits per heavy atom. The first-order valence-corrected chi connectivity index (χ1v) is 15.6. The van der Waals surface area contributed by atoms with Crippen LogP contribution < -0.4 is 14.8 Å². The second-order valence-corrected chi connectivity index (χ2v) is 13.6. The van der Waals surface area contributed by atoms with Crippen molar-refractivity contribution in [3.05, 3.63) is 36.0 Å². The summed E-state index contributed by atoms with van der Waals surface area (Å²) in [5.74, 6) is -6.78. The first-order chi connectivity index (χ1) is 22.8. The van der Waals surface area contributed by atoms with Crippen molar-refractivity contribution in [2.24, 2.45) is 5.41 Å². The average Bonchev–Trinajstić information content (AvgIpc) is 3.58. The van der Waals surface area contributed by atoms with Crippen LogP contribution in [-0.2, 0) is 29.7 Å². The number of benzene rings is 1. The summed E-state index contributed by atoms with van der Waals surface area (Å²) in [6.07, 6.45) is -4.43. The molecule has 49 heavy (non-hydrogen) atoms. The number of fused-ring (bicyclic) bond motifs is 5. The molecule has 3 heterocycles. The van der Waals surface area contributed by atoms with E-state index in [2.05, 4.69) is 20.0 Å². The summed E-state index contributed by atoms with van der Waals surface area (Å²) < 4.78 is 97.0. The molecule has 0 unspecified atom stereocenters. The van der Waals surface area contributed by atoms with E-state index in [-0.39, 0.29) is 30.6 Å². The van der Waals surface area contributed by atoms with Crippen LogP contribution in [0.4, 0.5) is 26.7 Å². The minimum atomic E-state index is -5.05. The number of carbonyl (C=O) groups is 3. The van der Waals surface area contributed by atoms with Gasteiger partial charge in [-0.2, -0.15) is 8.78 Å². The fourth-order valence-corrected chi connectivity index (χ4v) is 6.22.